The van der Waals surface area contributed by atoms with Crippen molar-refractivity contribution >= 4 is 16.7 Å². The molecule has 0 saturated heterocycles. The molecule has 0 radical (unpaired) electrons. The smallest absolute Gasteiger partial charge is 0.200 e. The molecule has 0 aliphatic heterocycles. The summed E-state index contributed by atoms with van der Waals surface area (Å²) in [5.74, 6) is -0.212. The van der Waals surface area contributed by atoms with Crippen LogP contribution in [0.15, 0.2) is 48.8 Å². The number of aromatic nitrogens is 4. The molecule has 2 aromatic carbocycles. The minimum absolute atomic E-state index is 0.130. The van der Waals surface area contributed by atoms with Gasteiger partial charge in [0.2, 0.25) is 0 Å². The normalized spacial score (nSPS) is 10.9. The first kappa shape index (κ1) is 18.7. The van der Waals surface area contributed by atoms with Gasteiger partial charge >= 0.3 is 0 Å². The van der Waals surface area contributed by atoms with Gasteiger partial charge in [-0.15, -0.1) is 0 Å². The maximum absolute atomic E-state index is 14.4. The molecule has 146 valence electrons. The lowest BCUT2D eigenvalue weighted by atomic mass is 10.0. The van der Waals surface area contributed by atoms with E-state index >= 15 is 0 Å². The van der Waals surface area contributed by atoms with Gasteiger partial charge in [-0.3, -0.25) is 0 Å². The standard InChI is InChI=1S/C21H17F2N5O/c1-3-29-16-11-12(13-6-4-7-15(22)17(13)23)10-14-18(16)27-21(28-19(14)24-2)20-25-8-5-9-26-20/h4-11H,3H2,1-2H3,(H,24,27,28). The summed E-state index contributed by atoms with van der Waals surface area (Å²) in [5.41, 5.74) is 1.11. The van der Waals surface area contributed by atoms with Crippen molar-refractivity contribution in [3.8, 4) is 28.5 Å². The van der Waals surface area contributed by atoms with E-state index in [1.807, 2.05) is 6.92 Å². The van der Waals surface area contributed by atoms with Crippen LogP contribution in [0.25, 0.3) is 33.7 Å². The number of anilines is 1. The number of rotatable bonds is 5. The highest BCUT2D eigenvalue weighted by Gasteiger charge is 2.18. The first-order chi connectivity index (χ1) is 14.1. The van der Waals surface area contributed by atoms with Crippen molar-refractivity contribution in [2.24, 2.45) is 0 Å². The lowest BCUT2D eigenvalue weighted by Crippen LogP contribution is -2.03. The van der Waals surface area contributed by atoms with Crippen molar-refractivity contribution in [3.05, 3.63) is 60.4 Å². The van der Waals surface area contributed by atoms with Crippen LogP contribution in [0.3, 0.4) is 0 Å². The van der Waals surface area contributed by atoms with Crippen LogP contribution >= 0.6 is 0 Å². The Balaban J connectivity index is 2.00. The van der Waals surface area contributed by atoms with Gasteiger partial charge in [0, 0.05) is 30.4 Å². The Labute approximate surface area is 165 Å². The van der Waals surface area contributed by atoms with E-state index in [4.69, 9.17) is 4.74 Å². The van der Waals surface area contributed by atoms with Crippen LogP contribution in [0.4, 0.5) is 14.6 Å². The molecule has 4 aromatic rings. The highest BCUT2D eigenvalue weighted by Crippen LogP contribution is 2.36. The molecule has 6 nitrogen and oxygen atoms in total. The summed E-state index contributed by atoms with van der Waals surface area (Å²) >= 11 is 0. The van der Waals surface area contributed by atoms with Gasteiger partial charge in [-0.25, -0.2) is 28.7 Å². The number of halogens is 2. The third-order valence-electron chi connectivity index (χ3n) is 4.33. The molecule has 0 spiro atoms. The van der Waals surface area contributed by atoms with Gasteiger partial charge in [-0.2, -0.15) is 0 Å². The Hall–Kier alpha value is -3.68. The monoisotopic (exact) mass is 393 g/mol. The van der Waals surface area contributed by atoms with Crippen molar-refractivity contribution in [2.45, 2.75) is 6.92 Å². The van der Waals surface area contributed by atoms with Crippen LogP contribution in [0.1, 0.15) is 6.92 Å². The maximum Gasteiger partial charge on any atom is 0.200 e. The second-order valence-electron chi connectivity index (χ2n) is 6.12. The molecule has 0 atom stereocenters. The zero-order chi connectivity index (χ0) is 20.4. The van der Waals surface area contributed by atoms with Gasteiger partial charge in [0.1, 0.15) is 17.1 Å². The molecule has 0 fully saturated rings. The summed E-state index contributed by atoms with van der Waals surface area (Å²) in [7, 11) is 1.72. The molecule has 0 saturated carbocycles. The molecular formula is C21H17F2N5O. The summed E-state index contributed by atoms with van der Waals surface area (Å²) in [5, 5.41) is 3.63. The van der Waals surface area contributed by atoms with Gasteiger partial charge in [0.25, 0.3) is 0 Å². The van der Waals surface area contributed by atoms with Crippen LogP contribution in [-0.2, 0) is 0 Å². The topological polar surface area (TPSA) is 72.8 Å². The van der Waals surface area contributed by atoms with E-state index in [0.29, 0.717) is 46.3 Å². The molecule has 0 amide bonds. The molecule has 0 aliphatic carbocycles. The first-order valence-corrected chi connectivity index (χ1v) is 9.00. The molecule has 0 bridgehead atoms. The molecule has 8 heteroatoms. The Morgan fingerprint density at radius 3 is 2.52 bits per heavy atom. The lowest BCUT2D eigenvalue weighted by molar-refractivity contribution is 0.344. The molecule has 0 aliphatic rings. The number of fused-ring (bicyclic) bond motifs is 1. The number of nitrogens with zero attached hydrogens (tertiary/aromatic N) is 4. The van der Waals surface area contributed by atoms with Gasteiger partial charge in [0.15, 0.2) is 23.3 Å². The van der Waals surface area contributed by atoms with Crippen LogP contribution in [-0.4, -0.2) is 33.6 Å². The molecule has 0 unspecified atom stereocenters. The van der Waals surface area contributed by atoms with Crippen LogP contribution in [0.2, 0.25) is 0 Å². The van der Waals surface area contributed by atoms with Gasteiger partial charge < -0.3 is 10.1 Å². The predicted octanol–water partition coefficient (Wildman–Crippen LogP) is 4.47. The van der Waals surface area contributed by atoms with Crippen LogP contribution in [0.5, 0.6) is 5.75 Å². The second-order valence-corrected chi connectivity index (χ2v) is 6.12. The highest BCUT2D eigenvalue weighted by molar-refractivity contribution is 5.97. The highest BCUT2D eigenvalue weighted by atomic mass is 19.2. The summed E-state index contributed by atoms with van der Waals surface area (Å²) in [6, 6.07) is 9.11. The lowest BCUT2D eigenvalue weighted by Gasteiger charge is -2.14. The Morgan fingerprint density at radius 1 is 1.00 bits per heavy atom. The number of ether oxygens (including phenoxy) is 1. The molecule has 2 heterocycles. The second kappa shape index (κ2) is 7.75. The SMILES string of the molecule is CCOc1cc(-c2cccc(F)c2F)cc2c(NC)nc(-c3ncccn3)nc12. The third-order valence-corrected chi connectivity index (χ3v) is 4.33. The summed E-state index contributed by atoms with van der Waals surface area (Å²) in [6.07, 6.45) is 3.21. The third kappa shape index (κ3) is 3.44. The van der Waals surface area contributed by atoms with Gasteiger partial charge in [-0.1, -0.05) is 12.1 Å². The molecule has 2 aromatic heterocycles. The van der Waals surface area contributed by atoms with E-state index in [9.17, 15) is 8.78 Å². The van der Waals surface area contributed by atoms with Crippen LogP contribution in [0, 0.1) is 11.6 Å². The molecular weight excluding hydrogens is 376 g/mol. The largest absolute Gasteiger partial charge is 0.492 e. The average molecular weight is 393 g/mol. The Kier molecular flexibility index (Phi) is 4.99. The first-order valence-electron chi connectivity index (χ1n) is 9.00. The number of nitrogens with one attached hydrogen (secondary N) is 1. The van der Waals surface area contributed by atoms with E-state index in [1.165, 1.54) is 12.1 Å². The van der Waals surface area contributed by atoms with E-state index in [-0.39, 0.29) is 5.56 Å². The minimum Gasteiger partial charge on any atom is -0.492 e. The van der Waals surface area contributed by atoms with E-state index in [2.05, 4.69) is 25.3 Å². The van der Waals surface area contributed by atoms with E-state index in [0.717, 1.165) is 6.07 Å². The fraction of sp³-hybridized carbons (Fsp3) is 0.143. The quantitative estimate of drug-likeness (QED) is 0.539. The summed E-state index contributed by atoms with van der Waals surface area (Å²) in [4.78, 5) is 17.5. The zero-order valence-electron chi connectivity index (χ0n) is 15.8. The molecule has 4 rings (SSSR count). The van der Waals surface area contributed by atoms with Crippen molar-refractivity contribution in [1.29, 1.82) is 0 Å². The summed E-state index contributed by atoms with van der Waals surface area (Å²) in [6.45, 7) is 2.21. The Morgan fingerprint density at radius 2 is 1.79 bits per heavy atom. The number of benzene rings is 2. The zero-order valence-corrected chi connectivity index (χ0v) is 15.8. The van der Waals surface area contributed by atoms with Gasteiger partial charge in [-0.05, 0) is 36.8 Å². The number of hydrogen-bond acceptors (Lipinski definition) is 6. The average Bonchev–Trinajstić information content (AvgIpc) is 2.75. The predicted molar refractivity (Wildman–Crippen MR) is 107 cm³/mol. The van der Waals surface area contributed by atoms with Crippen molar-refractivity contribution < 1.29 is 13.5 Å². The van der Waals surface area contributed by atoms with E-state index < -0.39 is 11.6 Å². The fourth-order valence-corrected chi connectivity index (χ4v) is 3.05. The van der Waals surface area contributed by atoms with Crippen molar-refractivity contribution in [3.63, 3.8) is 0 Å². The fourth-order valence-electron chi connectivity index (χ4n) is 3.05. The van der Waals surface area contributed by atoms with Gasteiger partial charge in [0.05, 0.1) is 6.61 Å². The van der Waals surface area contributed by atoms with E-state index in [1.54, 1.807) is 37.6 Å². The van der Waals surface area contributed by atoms with Crippen LogP contribution < -0.4 is 10.1 Å². The molecule has 1 N–H and O–H groups in total. The molecule has 29 heavy (non-hydrogen) atoms. The maximum atomic E-state index is 14.4. The van der Waals surface area contributed by atoms with Crippen molar-refractivity contribution in [2.75, 3.05) is 19.0 Å². The number of hydrogen-bond donors (Lipinski definition) is 1. The Bertz CT molecular complexity index is 1180. The summed E-state index contributed by atoms with van der Waals surface area (Å²) < 4.78 is 33.9. The minimum atomic E-state index is -0.921. The van der Waals surface area contributed by atoms with Crippen molar-refractivity contribution in [1.82, 2.24) is 19.9 Å².